The van der Waals surface area contributed by atoms with Gasteiger partial charge >= 0.3 is 0 Å². The lowest BCUT2D eigenvalue weighted by atomic mass is 9.70. The van der Waals surface area contributed by atoms with Crippen molar-refractivity contribution >= 4 is 28.8 Å². The van der Waals surface area contributed by atoms with Crippen LogP contribution in [-0.2, 0) is 10.3 Å². The van der Waals surface area contributed by atoms with E-state index < -0.39 is 11.1 Å². The van der Waals surface area contributed by atoms with Gasteiger partial charge in [0.15, 0.2) is 5.54 Å². The van der Waals surface area contributed by atoms with E-state index in [9.17, 15) is 0 Å². The summed E-state index contributed by atoms with van der Waals surface area (Å²) >= 11 is 2.16. The van der Waals surface area contributed by atoms with Crippen molar-refractivity contribution in [2.75, 3.05) is 19.8 Å². The molecule has 3 heterocycles. The van der Waals surface area contributed by atoms with E-state index in [0.29, 0.717) is 13.2 Å². The Labute approximate surface area is 169 Å². The van der Waals surface area contributed by atoms with Crippen molar-refractivity contribution in [2.45, 2.75) is 50.2 Å². The zero-order valence-electron chi connectivity index (χ0n) is 15.3. The Hall–Kier alpha value is -1.28. The van der Waals surface area contributed by atoms with Crippen molar-refractivity contribution in [1.82, 2.24) is 8.43 Å². The molecule has 1 spiro atoms. The van der Waals surface area contributed by atoms with Crippen LogP contribution >= 0.6 is 22.9 Å². The van der Waals surface area contributed by atoms with Crippen molar-refractivity contribution in [3.8, 4) is 5.75 Å². The SMILES string of the molecule is C=C1N2CCOCCC3(CCCCC)Oc4ccccc4C13N=C2NI. The van der Waals surface area contributed by atoms with Crippen molar-refractivity contribution < 1.29 is 9.47 Å². The predicted octanol–water partition coefficient (Wildman–Crippen LogP) is 4.14. The Morgan fingerprint density at radius 2 is 2.15 bits per heavy atom. The molecule has 1 aromatic carbocycles. The lowest BCUT2D eigenvalue weighted by molar-refractivity contribution is -0.00675. The molecule has 6 heteroatoms. The summed E-state index contributed by atoms with van der Waals surface area (Å²) in [6, 6.07) is 8.32. The van der Waals surface area contributed by atoms with Crippen LogP contribution in [0.15, 0.2) is 41.5 Å². The van der Waals surface area contributed by atoms with Gasteiger partial charge in [0.05, 0.1) is 41.8 Å². The van der Waals surface area contributed by atoms with Crippen LogP contribution in [0.4, 0.5) is 0 Å². The second-order valence-corrected chi connectivity index (χ2v) is 7.79. The quantitative estimate of drug-likeness (QED) is 0.411. The fourth-order valence-corrected chi connectivity index (χ4v) is 5.04. The predicted molar refractivity (Wildman–Crippen MR) is 111 cm³/mol. The number of halogens is 1. The molecule has 1 fully saturated rings. The fraction of sp³-hybridized carbons (Fsp3) is 0.550. The van der Waals surface area contributed by atoms with E-state index in [1.54, 1.807) is 0 Å². The van der Waals surface area contributed by atoms with E-state index in [4.69, 9.17) is 14.5 Å². The van der Waals surface area contributed by atoms with Gasteiger partial charge in [-0.2, -0.15) is 0 Å². The largest absolute Gasteiger partial charge is 0.483 e. The van der Waals surface area contributed by atoms with E-state index >= 15 is 0 Å². The summed E-state index contributed by atoms with van der Waals surface area (Å²) in [5.41, 5.74) is 1.12. The van der Waals surface area contributed by atoms with E-state index in [1.165, 1.54) is 12.8 Å². The van der Waals surface area contributed by atoms with Gasteiger partial charge in [0.25, 0.3) is 0 Å². The monoisotopic (exact) mass is 467 g/mol. The van der Waals surface area contributed by atoms with Crippen molar-refractivity contribution in [3.63, 3.8) is 0 Å². The van der Waals surface area contributed by atoms with Gasteiger partial charge in [0.2, 0.25) is 5.96 Å². The minimum Gasteiger partial charge on any atom is -0.483 e. The zero-order chi connectivity index (χ0) is 18.2. The molecule has 2 bridgehead atoms. The average molecular weight is 467 g/mol. The number of hydrogen-bond donors (Lipinski definition) is 1. The maximum Gasteiger partial charge on any atom is 0.208 e. The van der Waals surface area contributed by atoms with Gasteiger partial charge in [-0.1, -0.05) is 44.5 Å². The number of nitrogens with one attached hydrogen (secondary N) is 1. The fourth-order valence-electron chi connectivity index (χ4n) is 4.63. The number of hydrogen-bond acceptors (Lipinski definition) is 5. The molecule has 2 atom stereocenters. The highest BCUT2D eigenvalue weighted by atomic mass is 127. The Balaban J connectivity index is 1.90. The highest BCUT2D eigenvalue weighted by Crippen LogP contribution is 2.60. The van der Waals surface area contributed by atoms with Crippen LogP contribution < -0.4 is 8.27 Å². The summed E-state index contributed by atoms with van der Waals surface area (Å²) in [7, 11) is 0. The Morgan fingerprint density at radius 1 is 1.31 bits per heavy atom. The molecule has 0 aliphatic carbocycles. The van der Waals surface area contributed by atoms with Crippen LogP contribution in [0, 0.1) is 0 Å². The molecular weight excluding hydrogens is 441 g/mol. The van der Waals surface area contributed by atoms with Gasteiger partial charge in [0, 0.05) is 18.5 Å². The van der Waals surface area contributed by atoms with Crippen molar-refractivity contribution in [3.05, 3.63) is 42.1 Å². The number of guanidine groups is 1. The number of nitrogens with zero attached hydrogens (tertiary/aromatic N) is 2. The van der Waals surface area contributed by atoms with Crippen LogP contribution in [0.3, 0.4) is 0 Å². The van der Waals surface area contributed by atoms with Gasteiger partial charge in [-0.05, 0) is 18.9 Å². The highest BCUT2D eigenvalue weighted by Gasteiger charge is 2.65. The number of aliphatic imine (C=N–C) groups is 1. The summed E-state index contributed by atoms with van der Waals surface area (Å²) in [4.78, 5) is 7.41. The van der Waals surface area contributed by atoms with E-state index in [2.05, 4.69) is 63.0 Å². The first-order valence-electron chi connectivity index (χ1n) is 9.48. The Bertz CT molecular complexity index is 738. The van der Waals surface area contributed by atoms with Crippen LogP contribution in [-0.4, -0.2) is 36.2 Å². The third-order valence-corrected chi connectivity index (χ3v) is 6.37. The molecule has 140 valence electrons. The molecule has 0 saturated carbocycles. The lowest BCUT2D eigenvalue weighted by Gasteiger charge is -2.41. The van der Waals surface area contributed by atoms with Crippen LogP contribution in [0.25, 0.3) is 0 Å². The number of benzene rings is 1. The topological polar surface area (TPSA) is 46.1 Å². The van der Waals surface area contributed by atoms with Crippen molar-refractivity contribution in [1.29, 1.82) is 0 Å². The second kappa shape index (κ2) is 7.03. The molecule has 1 aromatic rings. The summed E-state index contributed by atoms with van der Waals surface area (Å²) in [6.07, 6.45) is 5.25. The summed E-state index contributed by atoms with van der Waals surface area (Å²) in [5.74, 6) is 1.78. The standard InChI is InChI=1S/C20H26IN3O2/c1-3-4-7-10-19-11-13-25-14-12-24-15(2)20(19,22-18(24)23-21)16-8-5-6-9-17(16)26-19/h5-6,8-9H,2-4,7,10-14H2,1H3,(H,22,23). The van der Waals surface area contributed by atoms with Crippen molar-refractivity contribution in [2.24, 2.45) is 4.99 Å². The number of para-hydroxylation sites is 1. The molecule has 1 saturated heterocycles. The molecule has 0 amide bonds. The molecule has 26 heavy (non-hydrogen) atoms. The van der Waals surface area contributed by atoms with E-state index in [-0.39, 0.29) is 0 Å². The number of fused-ring (bicyclic) bond motifs is 2. The van der Waals surface area contributed by atoms with Gasteiger partial charge in [-0.25, -0.2) is 4.99 Å². The zero-order valence-corrected chi connectivity index (χ0v) is 17.4. The van der Waals surface area contributed by atoms with Gasteiger partial charge < -0.3 is 14.4 Å². The molecule has 5 nitrogen and oxygen atoms in total. The molecule has 3 aliphatic rings. The smallest absolute Gasteiger partial charge is 0.208 e. The number of rotatable bonds is 4. The second-order valence-electron chi connectivity index (χ2n) is 7.25. The first kappa shape index (κ1) is 18.1. The third-order valence-electron chi connectivity index (χ3n) is 5.89. The number of ether oxygens (including phenoxy) is 2. The van der Waals surface area contributed by atoms with Crippen LogP contribution in [0.5, 0.6) is 5.75 Å². The van der Waals surface area contributed by atoms with Crippen LogP contribution in [0.1, 0.15) is 44.6 Å². The maximum absolute atomic E-state index is 6.72. The van der Waals surface area contributed by atoms with Gasteiger partial charge in [0.1, 0.15) is 11.4 Å². The maximum atomic E-state index is 6.72. The molecule has 0 radical (unpaired) electrons. The molecule has 2 unspecified atom stereocenters. The lowest BCUT2D eigenvalue weighted by Crippen LogP contribution is -2.52. The summed E-state index contributed by atoms with van der Waals surface area (Å²) in [5, 5.41) is 0. The summed E-state index contributed by atoms with van der Waals surface area (Å²) < 4.78 is 15.9. The van der Waals surface area contributed by atoms with E-state index in [1.807, 2.05) is 6.07 Å². The number of unbranched alkanes of at least 4 members (excludes halogenated alkanes) is 2. The van der Waals surface area contributed by atoms with E-state index in [0.717, 1.165) is 48.8 Å². The molecular formula is C20H26IN3O2. The first-order valence-corrected chi connectivity index (χ1v) is 10.6. The molecule has 3 aliphatic heterocycles. The Kier molecular flexibility index (Phi) is 4.90. The molecule has 0 aromatic heterocycles. The normalized spacial score (nSPS) is 29.8. The van der Waals surface area contributed by atoms with Crippen LogP contribution in [0.2, 0.25) is 0 Å². The van der Waals surface area contributed by atoms with Gasteiger partial charge in [-0.3, -0.25) is 3.53 Å². The summed E-state index contributed by atoms with van der Waals surface area (Å²) in [6.45, 7) is 8.86. The Morgan fingerprint density at radius 3 is 2.96 bits per heavy atom. The molecule has 1 N–H and O–H groups in total. The minimum absolute atomic E-state index is 0.444. The molecule has 4 rings (SSSR count). The highest BCUT2D eigenvalue weighted by molar-refractivity contribution is 14.1. The minimum atomic E-state index is -0.571. The third kappa shape index (κ3) is 2.48. The average Bonchev–Trinajstić information content (AvgIpc) is 3.11. The van der Waals surface area contributed by atoms with Gasteiger partial charge in [-0.15, -0.1) is 0 Å². The first-order chi connectivity index (χ1) is 12.7.